The Morgan fingerprint density at radius 3 is 1.35 bits per heavy atom. The Morgan fingerprint density at radius 1 is 0.438 bits per heavy atom. The van der Waals surface area contributed by atoms with Gasteiger partial charge in [-0.2, -0.15) is 0 Å². The molecule has 0 nitrogen and oxygen atoms in total. The van der Waals surface area contributed by atoms with E-state index >= 15 is 0 Å². The molecule has 230 valence electrons. The molecule has 9 aromatic rings. The van der Waals surface area contributed by atoms with E-state index in [-0.39, 0.29) is 0 Å². The van der Waals surface area contributed by atoms with Crippen LogP contribution in [0.5, 0.6) is 0 Å². The van der Waals surface area contributed by atoms with E-state index in [0.717, 1.165) is 6.42 Å². The molecule has 1 aliphatic heterocycles. The minimum atomic E-state index is 0.412. The van der Waals surface area contributed by atoms with Gasteiger partial charge in [-0.25, -0.2) is 0 Å². The van der Waals surface area contributed by atoms with E-state index in [1.807, 2.05) is 22.7 Å². The first-order valence-electron chi connectivity index (χ1n) is 15.9. The van der Waals surface area contributed by atoms with Crippen LogP contribution in [0, 0.1) is 0 Å². The molecular weight excluding hydrogens is 697 g/mol. The highest BCUT2D eigenvalue weighted by molar-refractivity contribution is 8.00. The largest absolute Gasteiger partial charge is 0.144 e. The number of rotatable bonds is 6. The van der Waals surface area contributed by atoms with Gasteiger partial charge in [0.15, 0.2) is 0 Å². The second-order valence-electron chi connectivity index (χ2n) is 12.0. The van der Waals surface area contributed by atoms with Crippen LogP contribution in [0.2, 0.25) is 0 Å². The van der Waals surface area contributed by atoms with Gasteiger partial charge < -0.3 is 0 Å². The molecule has 1 aliphatic rings. The topological polar surface area (TPSA) is 0 Å². The summed E-state index contributed by atoms with van der Waals surface area (Å²) < 4.78 is 2.88. The van der Waals surface area contributed by atoms with E-state index in [1.54, 1.807) is 34.0 Å². The highest BCUT2D eigenvalue weighted by Gasteiger charge is 2.30. The average molecular weight is 723 g/mol. The third-order valence-corrected chi connectivity index (χ3v) is 15.8. The Bertz CT molecular complexity index is 2370. The zero-order chi connectivity index (χ0) is 31.6. The van der Waals surface area contributed by atoms with Crippen LogP contribution in [0.15, 0.2) is 142 Å². The predicted octanol–water partition coefficient (Wildman–Crippen LogP) is 15.0. The van der Waals surface area contributed by atoms with Crippen molar-refractivity contribution >= 4 is 88.6 Å². The lowest BCUT2D eigenvalue weighted by molar-refractivity contribution is 0.962. The highest BCUT2D eigenvalue weighted by Crippen LogP contribution is 2.56. The van der Waals surface area contributed by atoms with Gasteiger partial charge >= 0.3 is 0 Å². The molecule has 0 fully saturated rings. The van der Waals surface area contributed by atoms with E-state index in [4.69, 9.17) is 0 Å². The molecule has 1 unspecified atom stereocenters. The van der Waals surface area contributed by atoms with E-state index in [9.17, 15) is 0 Å². The van der Waals surface area contributed by atoms with Crippen molar-refractivity contribution in [2.24, 2.45) is 0 Å². The van der Waals surface area contributed by atoms with Crippen LogP contribution in [0.4, 0.5) is 0 Å². The van der Waals surface area contributed by atoms with Crippen LogP contribution >= 0.6 is 68.4 Å². The summed E-state index contributed by atoms with van der Waals surface area (Å²) in [4.78, 5) is 8.13. The van der Waals surface area contributed by atoms with Crippen LogP contribution in [-0.4, -0.2) is 0 Å². The Labute approximate surface area is 303 Å². The molecule has 6 heterocycles. The molecule has 0 saturated carbocycles. The van der Waals surface area contributed by atoms with Gasteiger partial charge in [-0.3, -0.25) is 0 Å². The molecule has 10 rings (SSSR count). The van der Waals surface area contributed by atoms with Crippen molar-refractivity contribution in [3.8, 4) is 52.2 Å². The van der Waals surface area contributed by atoms with Gasteiger partial charge in [-0.05, 0) is 91.8 Å². The molecular formula is C42H26S6. The molecule has 48 heavy (non-hydrogen) atoms. The summed E-state index contributed by atoms with van der Waals surface area (Å²) in [6.07, 6.45) is 1.06. The fourth-order valence-electron chi connectivity index (χ4n) is 6.76. The molecule has 0 bridgehead atoms. The lowest BCUT2D eigenvalue weighted by atomic mass is 10.00. The maximum Gasteiger partial charge on any atom is 0.0447 e. The van der Waals surface area contributed by atoms with Crippen molar-refractivity contribution in [3.05, 3.63) is 149 Å². The standard InChI is InChI=1S/C42H26S6/c1-4-34(43-19-1)25-7-13-28(14-8-25)37-22-31-40(46-37)32-23-38(29-15-9-26(10-16-29)35-5-2-20-44-35)48-42(32)33-24-39(47-41(31)33)30-17-11-27(12-18-30)36-6-3-21-45-36/h1-23,39H,24H2. The molecule has 0 amide bonds. The summed E-state index contributed by atoms with van der Waals surface area (Å²) in [7, 11) is 0. The first-order chi connectivity index (χ1) is 23.7. The van der Waals surface area contributed by atoms with E-state index < -0.39 is 0 Å². The predicted molar refractivity (Wildman–Crippen MR) is 217 cm³/mol. The Kier molecular flexibility index (Phi) is 7.29. The summed E-state index contributed by atoms with van der Waals surface area (Å²) in [5, 5.41) is 9.70. The van der Waals surface area contributed by atoms with Crippen LogP contribution in [0.3, 0.4) is 0 Å². The molecule has 5 aromatic heterocycles. The monoisotopic (exact) mass is 722 g/mol. The lowest BCUT2D eigenvalue weighted by Gasteiger charge is -2.09. The number of benzene rings is 4. The summed E-state index contributed by atoms with van der Waals surface area (Å²) in [6.45, 7) is 0. The summed E-state index contributed by atoms with van der Waals surface area (Å²) in [6, 6.07) is 45.6. The van der Waals surface area contributed by atoms with Gasteiger partial charge in [0.05, 0.1) is 0 Å². The van der Waals surface area contributed by atoms with E-state index in [1.165, 1.54) is 88.4 Å². The van der Waals surface area contributed by atoms with Gasteiger partial charge in [0.2, 0.25) is 0 Å². The van der Waals surface area contributed by atoms with Crippen molar-refractivity contribution in [2.75, 3.05) is 0 Å². The molecule has 0 radical (unpaired) electrons. The minimum Gasteiger partial charge on any atom is -0.144 e. The van der Waals surface area contributed by atoms with Gasteiger partial charge in [0, 0.05) is 54.7 Å². The second-order valence-corrected chi connectivity index (χ2v) is 18.2. The van der Waals surface area contributed by atoms with Crippen molar-refractivity contribution in [1.29, 1.82) is 0 Å². The van der Waals surface area contributed by atoms with Crippen LogP contribution in [0.25, 0.3) is 72.4 Å². The van der Waals surface area contributed by atoms with Crippen molar-refractivity contribution in [1.82, 2.24) is 0 Å². The second kappa shape index (κ2) is 12.0. The number of thiophene rings is 5. The van der Waals surface area contributed by atoms with E-state index in [2.05, 4.69) is 149 Å². The van der Waals surface area contributed by atoms with Crippen LogP contribution in [0.1, 0.15) is 16.4 Å². The number of thioether (sulfide) groups is 1. The summed E-state index contributed by atoms with van der Waals surface area (Å²) >= 11 is 11.4. The SMILES string of the molecule is c1csc(-c2ccc(-c3cc4c(s3)c3c(c5cc(-c6ccc(-c7cccs7)cc6)sc54)SC(c4ccc(-c5cccs5)cc4)C3)cc2)c1. The number of fused-ring (bicyclic) bond motifs is 6. The minimum absolute atomic E-state index is 0.412. The van der Waals surface area contributed by atoms with Crippen molar-refractivity contribution in [2.45, 2.75) is 16.6 Å². The first-order valence-corrected chi connectivity index (χ1v) is 21.0. The molecule has 4 aromatic carbocycles. The third kappa shape index (κ3) is 5.06. The molecule has 1 atom stereocenters. The molecule has 0 aliphatic carbocycles. The van der Waals surface area contributed by atoms with Gasteiger partial charge in [-0.15, -0.1) is 68.4 Å². The molecule has 0 N–H and O–H groups in total. The summed E-state index contributed by atoms with van der Waals surface area (Å²) in [5.41, 5.74) is 9.41. The van der Waals surface area contributed by atoms with Crippen molar-refractivity contribution in [3.63, 3.8) is 0 Å². The zero-order valence-corrected chi connectivity index (χ0v) is 30.4. The van der Waals surface area contributed by atoms with E-state index in [0.29, 0.717) is 5.25 Å². The van der Waals surface area contributed by atoms with Gasteiger partial charge in [-0.1, -0.05) is 91.0 Å². The molecule has 0 spiro atoms. The summed E-state index contributed by atoms with van der Waals surface area (Å²) in [5.74, 6) is 0. The smallest absolute Gasteiger partial charge is 0.0447 e. The maximum absolute atomic E-state index is 2.47. The third-order valence-electron chi connectivity index (χ3n) is 9.19. The highest BCUT2D eigenvalue weighted by atomic mass is 32.2. The zero-order valence-electron chi connectivity index (χ0n) is 25.5. The van der Waals surface area contributed by atoms with Gasteiger partial charge in [0.1, 0.15) is 0 Å². The Morgan fingerprint density at radius 2 is 0.875 bits per heavy atom. The Balaban J connectivity index is 1.08. The number of hydrogen-bond donors (Lipinski definition) is 0. The quantitative estimate of drug-likeness (QED) is 0.165. The van der Waals surface area contributed by atoms with Gasteiger partial charge in [0.25, 0.3) is 0 Å². The lowest BCUT2D eigenvalue weighted by Crippen LogP contribution is -1.92. The van der Waals surface area contributed by atoms with Crippen LogP contribution in [-0.2, 0) is 6.42 Å². The fourth-order valence-corrected chi connectivity index (χ4v) is 13.0. The fraction of sp³-hybridized carbons (Fsp3) is 0.0476. The molecule has 0 saturated heterocycles. The number of hydrogen-bond acceptors (Lipinski definition) is 6. The van der Waals surface area contributed by atoms with Crippen molar-refractivity contribution < 1.29 is 0 Å². The Hall–Kier alpha value is -3.75. The average Bonchev–Trinajstić information content (AvgIpc) is 3.99. The maximum atomic E-state index is 2.47. The van der Waals surface area contributed by atoms with Crippen LogP contribution < -0.4 is 0 Å². The normalized spacial score (nSPS) is 14.3. The molecule has 6 heteroatoms. The first kappa shape index (κ1) is 29.2.